The van der Waals surface area contributed by atoms with Gasteiger partial charge in [-0.3, -0.25) is 0 Å². The van der Waals surface area contributed by atoms with Crippen molar-refractivity contribution in [3.05, 3.63) is 68.5 Å². The first kappa shape index (κ1) is 14.6. The van der Waals surface area contributed by atoms with E-state index < -0.39 is 0 Å². The van der Waals surface area contributed by atoms with Crippen molar-refractivity contribution >= 4 is 31.9 Å². The highest BCUT2D eigenvalue weighted by Gasteiger charge is 2.08. The molecule has 0 aliphatic heterocycles. The lowest BCUT2D eigenvalue weighted by Gasteiger charge is -2.13. The van der Waals surface area contributed by atoms with Gasteiger partial charge in [0, 0.05) is 14.5 Å². The summed E-state index contributed by atoms with van der Waals surface area (Å²) in [5.41, 5.74) is 4.36. The van der Waals surface area contributed by atoms with E-state index in [1.54, 1.807) is 0 Å². The number of rotatable bonds is 3. The number of hydrogen-bond donors (Lipinski definition) is 0. The van der Waals surface area contributed by atoms with E-state index >= 15 is 0 Å². The smallest absolute Gasteiger partial charge is 0.127 e. The van der Waals surface area contributed by atoms with Crippen LogP contribution >= 0.6 is 31.9 Å². The van der Waals surface area contributed by atoms with Crippen molar-refractivity contribution < 1.29 is 4.74 Å². The molecule has 99 valence electrons. The molecule has 0 bridgehead atoms. The van der Waals surface area contributed by atoms with Crippen molar-refractivity contribution in [1.82, 2.24) is 0 Å². The van der Waals surface area contributed by atoms with Gasteiger partial charge in [-0.1, -0.05) is 50.1 Å². The van der Waals surface area contributed by atoms with Crippen LogP contribution in [0.4, 0.5) is 0 Å². The van der Waals surface area contributed by atoms with E-state index in [0.717, 1.165) is 31.4 Å². The molecule has 0 aliphatic rings. The number of halogens is 2. The summed E-state index contributed by atoms with van der Waals surface area (Å²) < 4.78 is 8.08. The van der Waals surface area contributed by atoms with E-state index in [0.29, 0.717) is 6.61 Å². The Morgan fingerprint density at radius 1 is 1.05 bits per heavy atom. The summed E-state index contributed by atoms with van der Waals surface area (Å²) in [6.07, 6.45) is 0. The second-order valence-electron chi connectivity index (χ2n) is 4.53. The van der Waals surface area contributed by atoms with Gasteiger partial charge in [0.05, 0.1) is 0 Å². The fourth-order valence-corrected chi connectivity index (χ4v) is 2.44. The highest BCUT2D eigenvalue weighted by molar-refractivity contribution is 9.10. The first-order valence-electron chi connectivity index (χ1n) is 5.98. The standard InChI is InChI=1S/C16H15Br2O/c1-10-4-6-15(18)12(3)16(10)19-9-13-5-7-14(17)11(2)8-13/h4-8H,1,9H2,2-3H3. The Morgan fingerprint density at radius 3 is 2.42 bits per heavy atom. The van der Waals surface area contributed by atoms with E-state index in [1.165, 1.54) is 5.56 Å². The minimum Gasteiger partial charge on any atom is -0.488 e. The Kier molecular flexibility index (Phi) is 4.69. The van der Waals surface area contributed by atoms with Crippen LogP contribution in [-0.4, -0.2) is 0 Å². The minimum absolute atomic E-state index is 0.550. The van der Waals surface area contributed by atoms with Crippen molar-refractivity contribution in [3.63, 3.8) is 0 Å². The molecule has 2 aromatic rings. The molecule has 0 fully saturated rings. The van der Waals surface area contributed by atoms with Crippen molar-refractivity contribution in [2.24, 2.45) is 0 Å². The van der Waals surface area contributed by atoms with Gasteiger partial charge in [0.1, 0.15) is 12.4 Å². The highest BCUT2D eigenvalue weighted by Crippen LogP contribution is 2.30. The molecule has 0 aromatic heterocycles. The van der Waals surface area contributed by atoms with Crippen LogP contribution in [-0.2, 0) is 6.61 Å². The average Bonchev–Trinajstić information content (AvgIpc) is 2.38. The van der Waals surface area contributed by atoms with Gasteiger partial charge in [-0.05, 0) is 49.6 Å². The fraction of sp³-hybridized carbons (Fsp3) is 0.188. The van der Waals surface area contributed by atoms with Crippen LogP contribution in [0.25, 0.3) is 0 Å². The number of ether oxygens (including phenoxy) is 1. The van der Waals surface area contributed by atoms with Crippen LogP contribution in [0.5, 0.6) is 5.75 Å². The SMILES string of the molecule is [CH2]c1ccc(Br)c(C)c1OCc1ccc(Br)c(C)c1. The molecule has 0 atom stereocenters. The van der Waals surface area contributed by atoms with Gasteiger partial charge in [-0.2, -0.15) is 0 Å². The van der Waals surface area contributed by atoms with E-state index in [1.807, 2.05) is 25.1 Å². The molecule has 2 rings (SSSR count). The summed E-state index contributed by atoms with van der Waals surface area (Å²) in [7, 11) is 0. The van der Waals surface area contributed by atoms with Gasteiger partial charge >= 0.3 is 0 Å². The average molecular weight is 383 g/mol. The quantitative estimate of drug-likeness (QED) is 0.672. The molecule has 0 heterocycles. The molecule has 2 aromatic carbocycles. The third-order valence-electron chi connectivity index (χ3n) is 3.03. The summed E-state index contributed by atoms with van der Waals surface area (Å²) in [4.78, 5) is 0. The Hall–Kier alpha value is -0.800. The summed E-state index contributed by atoms with van der Waals surface area (Å²) in [5.74, 6) is 0.856. The summed E-state index contributed by atoms with van der Waals surface area (Å²) in [6, 6.07) is 10.2. The second kappa shape index (κ2) is 6.10. The third-order valence-corrected chi connectivity index (χ3v) is 4.78. The van der Waals surface area contributed by atoms with E-state index in [9.17, 15) is 0 Å². The number of aryl methyl sites for hydroxylation is 1. The predicted octanol–water partition coefficient (Wildman–Crippen LogP) is 5.59. The van der Waals surface area contributed by atoms with Crippen LogP contribution in [0.3, 0.4) is 0 Å². The molecular formula is C16H15Br2O. The van der Waals surface area contributed by atoms with E-state index in [-0.39, 0.29) is 0 Å². The van der Waals surface area contributed by atoms with Gasteiger partial charge in [0.2, 0.25) is 0 Å². The zero-order valence-corrected chi connectivity index (χ0v) is 14.1. The molecule has 0 aliphatic carbocycles. The lowest BCUT2D eigenvalue weighted by atomic mass is 10.1. The lowest BCUT2D eigenvalue weighted by Crippen LogP contribution is -1.99. The van der Waals surface area contributed by atoms with Crippen molar-refractivity contribution in [1.29, 1.82) is 0 Å². The van der Waals surface area contributed by atoms with Gasteiger partial charge < -0.3 is 4.74 Å². The monoisotopic (exact) mass is 381 g/mol. The molecule has 1 radical (unpaired) electrons. The Bertz CT molecular complexity index is 606. The van der Waals surface area contributed by atoms with Crippen molar-refractivity contribution in [3.8, 4) is 5.75 Å². The van der Waals surface area contributed by atoms with Crippen LogP contribution in [0.1, 0.15) is 22.3 Å². The van der Waals surface area contributed by atoms with Gasteiger partial charge in [-0.25, -0.2) is 0 Å². The normalized spacial score (nSPS) is 10.6. The maximum atomic E-state index is 5.92. The lowest BCUT2D eigenvalue weighted by molar-refractivity contribution is 0.302. The second-order valence-corrected chi connectivity index (χ2v) is 6.24. The van der Waals surface area contributed by atoms with Gasteiger partial charge in [-0.15, -0.1) is 0 Å². The van der Waals surface area contributed by atoms with Crippen LogP contribution in [0, 0.1) is 20.8 Å². The molecule has 0 spiro atoms. The van der Waals surface area contributed by atoms with Crippen LogP contribution in [0.15, 0.2) is 39.3 Å². The summed E-state index contributed by atoms with van der Waals surface area (Å²) in [6.45, 7) is 8.67. The molecule has 19 heavy (non-hydrogen) atoms. The molecule has 0 saturated heterocycles. The molecular weight excluding hydrogens is 368 g/mol. The Balaban J connectivity index is 2.19. The predicted molar refractivity (Wildman–Crippen MR) is 86.5 cm³/mol. The van der Waals surface area contributed by atoms with Crippen LogP contribution in [0.2, 0.25) is 0 Å². The van der Waals surface area contributed by atoms with E-state index in [4.69, 9.17) is 4.74 Å². The third kappa shape index (κ3) is 3.40. The molecule has 1 nitrogen and oxygen atoms in total. The minimum atomic E-state index is 0.550. The fourth-order valence-electron chi connectivity index (χ4n) is 1.88. The molecule has 0 N–H and O–H groups in total. The molecule has 0 amide bonds. The van der Waals surface area contributed by atoms with Gasteiger partial charge in [0.15, 0.2) is 0 Å². The van der Waals surface area contributed by atoms with Crippen molar-refractivity contribution in [2.45, 2.75) is 20.5 Å². The maximum Gasteiger partial charge on any atom is 0.127 e. The Labute approximate surface area is 131 Å². The maximum absolute atomic E-state index is 5.92. The molecule has 0 saturated carbocycles. The van der Waals surface area contributed by atoms with E-state index in [2.05, 4.69) is 57.8 Å². The van der Waals surface area contributed by atoms with Crippen LogP contribution < -0.4 is 4.74 Å². The van der Waals surface area contributed by atoms with Gasteiger partial charge in [0.25, 0.3) is 0 Å². The summed E-state index contributed by atoms with van der Waals surface area (Å²) in [5, 5.41) is 0. The topological polar surface area (TPSA) is 9.23 Å². The molecule has 0 unspecified atom stereocenters. The first-order chi connectivity index (χ1) is 8.99. The summed E-state index contributed by atoms with van der Waals surface area (Å²) >= 11 is 7.01. The van der Waals surface area contributed by atoms with Crippen molar-refractivity contribution in [2.75, 3.05) is 0 Å². The number of hydrogen-bond acceptors (Lipinski definition) is 1. The first-order valence-corrected chi connectivity index (χ1v) is 7.56. The highest BCUT2D eigenvalue weighted by atomic mass is 79.9. The zero-order chi connectivity index (χ0) is 14.0. The largest absolute Gasteiger partial charge is 0.488 e. The number of benzene rings is 2. The molecule has 3 heteroatoms. The zero-order valence-electron chi connectivity index (χ0n) is 11.0. The Morgan fingerprint density at radius 2 is 1.74 bits per heavy atom.